The number of benzene rings is 2. The van der Waals surface area contributed by atoms with Crippen molar-refractivity contribution in [3.05, 3.63) is 60.2 Å². The molecule has 1 aliphatic rings. The average molecular weight is 388 g/mol. The van der Waals surface area contributed by atoms with Crippen LogP contribution in [0.25, 0.3) is 0 Å². The van der Waals surface area contributed by atoms with Crippen LogP contribution in [-0.4, -0.2) is 56.3 Å². The predicted molar refractivity (Wildman–Crippen MR) is 103 cm³/mol. The van der Waals surface area contributed by atoms with Crippen LogP contribution in [0.2, 0.25) is 0 Å². The van der Waals surface area contributed by atoms with Crippen LogP contribution < -0.4 is 4.74 Å². The number of rotatable bonds is 6. The highest BCUT2D eigenvalue weighted by Gasteiger charge is 2.29. The Balaban J connectivity index is 1.56. The molecule has 144 valence electrons. The van der Waals surface area contributed by atoms with E-state index in [0.717, 1.165) is 11.3 Å². The molecular weight excluding hydrogens is 364 g/mol. The highest BCUT2D eigenvalue weighted by atomic mass is 32.2. The molecule has 0 unspecified atom stereocenters. The lowest BCUT2D eigenvalue weighted by molar-refractivity contribution is -0.131. The van der Waals surface area contributed by atoms with Gasteiger partial charge in [0.05, 0.1) is 17.9 Å². The summed E-state index contributed by atoms with van der Waals surface area (Å²) in [4.78, 5) is 14.6. The minimum Gasteiger partial charge on any atom is -0.494 e. The maximum Gasteiger partial charge on any atom is 0.243 e. The monoisotopic (exact) mass is 388 g/mol. The Morgan fingerprint density at radius 1 is 0.963 bits per heavy atom. The number of nitrogens with zero attached hydrogens (tertiary/aromatic N) is 2. The Kier molecular flexibility index (Phi) is 6.13. The normalized spacial score (nSPS) is 15.5. The van der Waals surface area contributed by atoms with E-state index >= 15 is 0 Å². The van der Waals surface area contributed by atoms with E-state index < -0.39 is 10.0 Å². The maximum atomic E-state index is 12.7. The van der Waals surface area contributed by atoms with Gasteiger partial charge in [0, 0.05) is 26.2 Å². The molecular formula is C20H24N2O4S. The number of hydrogen-bond acceptors (Lipinski definition) is 4. The molecule has 3 rings (SSSR count). The molecule has 1 fully saturated rings. The van der Waals surface area contributed by atoms with Gasteiger partial charge in [-0.25, -0.2) is 8.42 Å². The molecule has 7 heteroatoms. The van der Waals surface area contributed by atoms with Gasteiger partial charge in [0.15, 0.2) is 0 Å². The summed E-state index contributed by atoms with van der Waals surface area (Å²) in [5.41, 5.74) is 0.919. The fraction of sp³-hybridized carbons (Fsp3) is 0.350. The molecule has 2 aromatic rings. The SMILES string of the molecule is CCOc1ccc(CC(=O)N2CCN(S(=O)(=O)c3ccccc3)CC2)cc1. The van der Waals surface area contributed by atoms with Crippen molar-refractivity contribution in [1.29, 1.82) is 0 Å². The first-order valence-electron chi connectivity index (χ1n) is 9.05. The lowest BCUT2D eigenvalue weighted by Crippen LogP contribution is -2.50. The second kappa shape index (κ2) is 8.54. The van der Waals surface area contributed by atoms with E-state index in [0.29, 0.717) is 44.1 Å². The fourth-order valence-electron chi connectivity index (χ4n) is 3.08. The molecule has 1 aliphatic heterocycles. The molecule has 0 aliphatic carbocycles. The summed E-state index contributed by atoms with van der Waals surface area (Å²) in [6.07, 6.45) is 0.303. The van der Waals surface area contributed by atoms with Gasteiger partial charge >= 0.3 is 0 Å². The van der Waals surface area contributed by atoms with Crippen LogP contribution in [0.5, 0.6) is 5.75 Å². The number of ether oxygens (including phenoxy) is 1. The summed E-state index contributed by atoms with van der Waals surface area (Å²) in [5, 5.41) is 0. The summed E-state index contributed by atoms with van der Waals surface area (Å²) in [5.74, 6) is 0.796. The van der Waals surface area contributed by atoms with Gasteiger partial charge in [-0.05, 0) is 36.8 Å². The van der Waals surface area contributed by atoms with Crippen molar-refractivity contribution < 1.29 is 17.9 Å². The number of hydrogen-bond donors (Lipinski definition) is 0. The number of carbonyl (C=O) groups is 1. The Morgan fingerprint density at radius 3 is 2.19 bits per heavy atom. The van der Waals surface area contributed by atoms with E-state index in [-0.39, 0.29) is 5.91 Å². The summed E-state index contributed by atoms with van der Waals surface area (Å²) >= 11 is 0. The van der Waals surface area contributed by atoms with E-state index in [2.05, 4.69) is 0 Å². The second-order valence-electron chi connectivity index (χ2n) is 6.35. The zero-order valence-corrected chi connectivity index (χ0v) is 16.2. The molecule has 0 spiro atoms. The summed E-state index contributed by atoms with van der Waals surface area (Å²) in [7, 11) is -3.50. The topological polar surface area (TPSA) is 66.9 Å². The van der Waals surface area contributed by atoms with Crippen molar-refractivity contribution in [3.63, 3.8) is 0 Å². The molecule has 0 aromatic heterocycles. The van der Waals surface area contributed by atoms with Crippen LogP contribution >= 0.6 is 0 Å². The first-order valence-corrected chi connectivity index (χ1v) is 10.5. The highest BCUT2D eigenvalue weighted by Crippen LogP contribution is 2.18. The first kappa shape index (κ1) is 19.4. The van der Waals surface area contributed by atoms with Gasteiger partial charge < -0.3 is 9.64 Å². The molecule has 2 aromatic carbocycles. The van der Waals surface area contributed by atoms with Crippen LogP contribution in [0.3, 0.4) is 0 Å². The third kappa shape index (κ3) is 4.67. The van der Waals surface area contributed by atoms with E-state index in [9.17, 15) is 13.2 Å². The Morgan fingerprint density at radius 2 is 1.59 bits per heavy atom. The average Bonchev–Trinajstić information content (AvgIpc) is 2.70. The second-order valence-corrected chi connectivity index (χ2v) is 8.29. The predicted octanol–water partition coefficient (Wildman–Crippen LogP) is 2.16. The summed E-state index contributed by atoms with van der Waals surface area (Å²) in [6, 6.07) is 15.9. The largest absolute Gasteiger partial charge is 0.494 e. The quantitative estimate of drug-likeness (QED) is 0.761. The van der Waals surface area contributed by atoms with Gasteiger partial charge in [0.1, 0.15) is 5.75 Å². The summed E-state index contributed by atoms with van der Waals surface area (Å²) < 4.78 is 32.2. The Labute approximate surface area is 160 Å². The van der Waals surface area contributed by atoms with Crippen LogP contribution in [-0.2, 0) is 21.2 Å². The molecule has 0 radical (unpaired) electrons. The Hall–Kier alpha value is -2.38. The van der Waals surface area contributed by atoms with E-state index in [1.807, 2.05) is 31.2 Å². The zero-order valence-electron chi connectivity index (χ0n) is 15.4. The van der Waals surface area contributed by atoms with Crippen LogP contribution in [0.15, 0.2) is 59.5 Å². The lowest BCUT2D eigenvalue weighted by Gasteiger charge is -2.34. The van der Waals surface area contributed by atoms with E-state index in [4.69, 9.17) is 4.74 Å². The van der Waals surface area contributed by atoms with Crippen molar-refractivity contribution in [2.24, 2.45) is 0 Å². The molecule has 1 saturated heterocycles. The number of amides is 1. The van der Waals surface area contributed by atoms with E-state index in [1.165, 1.54) is 4.31 Å². The zero-order chi connectivity index (χ0) is 19.3. The molecule has 0 N–H and O–H groups in total. The van der Waals surface area contributed by atoms with Gasteiger partial charge in [0.25, 0.3) is 0 Å². The molecule has 1 amide bonds. The van der Waals surface area contributed by atoms with E-state index in [1.54, 1.807) is 35.2 Å². The number of sulfonamides is 1. The molecule has 6 nitrogen and oxygen atoms in total. The maximum absolute atomic E-state index is 12.7. The van der Waals surface area contributed by atoms with Gasteiger partial charge in [-0.15, -0.1) is 0 Å². The van der Waals surface area contributed by atoms with Crippen molar-refractivity contribution in [1.82, 2.24) is 9.21 Å². The fourth-order valence-corrected chi connectivity index (χ4v) is 4.52. The molecule has 27 heavy (non-hydrogen) atoms. The first-order chi connectivity index (χ1) is 13.0. The van der Waals surface area contributed by atoms with Crippen LogP contribution in [0, 0.1) is 0 Å². The smallest absolute Gasteiger partial charge is 0.243 e. The third-order valence-electron chi connectivity index (χ3n) is 4.56. The van der Waals surface area contributed by atoms with Gasteiger partial charge in [-0.2, -0.15) is 4.31 Å². The van der Waals surface area contributed by atoms with Crippen LogP contribution in [0.4, 0.5) is 0 Å². The van der Waals surface area contributed by atoms with Crippen molar-refractivity contribution in [2.45, 2.75) is 18.2 Å². The molecule has 0 atom stereocenters. The van der Waals surface area contributed by atoms with Crippen LogP contribution in [0.1, 0.15) is 12.5 Å². The lowest BCUT2D eigenvalue weighted by atomic mass is 10.1. The third-order valence-corrected chi connectivity index (χ3v) is 6.47. The minimum absolute atomic E-state index is 0.0101. The summed E-state index contributed by atoms with van der Waals surface area (Å²) in [6.45, 7) is 3.96. The van der Waals surface area contributed by atoms with Gasteiger partial charge in [-0.3, -0.25) is 4.79 Å². The molecule has 0 bridgehead atoms. The standard InChI is InChI=1S/C20H24N2O4S/c1-2-26-18-10-8-17(9-11-18)16-20(23)21-12-14-22(15-13-21)27(24,25)19-6-4-3-5-7-19/h3-11H,2,12-16H2,1H3. The Bertz CT molecular complexity index is 859. The van der Waals surface area contributed by atoms with Crippen molar-refractivity contribution in [2.75, 3.05) is 32.8 Å². The van der Waals surface area contributed by atoms with Crippen molar-refractivity contribution >= 4 is 15.9 Å². The number of piperazine rings is 1. The molecule has 0 saturated carbocycles. The molecule has 1 heterocycles. The highest BCUT2D eigenvalue weighted by molar-refractivity contribution is 7.89. The van der Waals surface area contributed by atoms with Crippen molar-refractivity contribution in [3.8, 4) is 5.75 Å². The minimum atomic E-state index is -3.50. The van der Waals surface area contributed by atoms with Gasteiger partial charge in [0.2, 0.25) is 15.9 Å². The number of carbonyl (C=O) groups excluding carboxylic acids is 1. The van der Waals surface area contributed by atoms with Gasteiger partial charge in [-0.1, -0.05) is 30.3 Å².